The fourth-order valence-corrected chi connectivity index (χ4v) is 8.73. The Morgan fingerprint density at radius 3 is 2.20 bits per heavy atom. The number of amides is 2. The predicted molar refractivity (Wildman–Crippen MR) is 199 cm³/mol. The largest absolute Gasteiger partial charge is 0.497 e. The van der Waals surface area contributed by atoms with Crippen molar-refractivity contribution < 1.29 is 42.8 Å². The Labute approximate surface area is 313 Å². The average Bonchev–Trinajstić information content (AvgIpc) is 3.64. The van der Waals surface area contributed by atoms with E-state index in [4.69, 9.17) is 18.9 Å². The van der Waals surface area contributed by atoms with E-state index >= 15 is 0 Å². The highest BCUT2D eigenvalue weighted by molar-refractivity contribution is 6.38. The van der Waals surface area contributed by atoms with E-state index in [1.807, 2.05) is 24.3 Å². The Bertz CT molecular complexity index is 2070. The lowest BCUT2D eigenvalue weighted by atomic mass is 9.88. The number of aliphatic imine (C=N–C) groups is 1. The quantitative estimate of drug-likeness (QED) is 0.111. The lowest BCUT2D eigenvalue weighted by Gasteiger charge is -2.38. The molecule has 5 atom stereocenters. The molecule has 1 aliphatic heterocycles. The number of carbonyl (C=O) groups is 3. The molecule has 4 aromatic rings. The monoisotopic (exact) mass is 734 g/mol. The zero-order valence-corrected chi connectivity index (χ0v) is 30.7. The molecule has 0 bridgehead atoms. The van der Waals surface area contributed by atoms with Crippen LogP contribution >= 0.6 is 0 Å². The molecule has 0 spiro atoms. The summed E-state index contributed by atoms with van der Waals surface area (Å²) in [6.07, 6.45) is -0.367. The maximum Gasteiger partial charge on any atom is 0.408 e. The summed E-state index contributed by atoms with van der Waals surface area (Å²) in [6.45, 7) is 1.41. The van der Waals surface area contributed by atoms with Crippen molar-refractivity contribution in [3.8, 4) is 22.6 Å². The van der Waals surface area contributed by atoms with Gasteiger partial charge in [-0.15, -0.1) is 0 Å². The molecule has 0 unspecified atom stereocenters. The van der Waals surface area contributed by atoms with E-state index in [1.54, 1.807) is 31.2 Å². The third kappa shape index (κ3) is 6.72. The van der Waals surface area contributed by atoms with Gasteiger partial charge in [0.2, 0.25) is 0 Å². The minimum absolute atomic E-state index is 0.0254. The van der Waals surface area contributed by atoms with Crippen molar-refractivity contribution in [2.75, 3.05) is 21.3 Å². The van der Waals surface area contributed by atoms with Crippen molar-refractivity contribution in [2.45, 2.75) is 62.8 Å². The number of esters is 1. The molecule has 0 radical (unpaired) electrons. The maximum absolute atomic E-state index is 14.8. The number of hydrogen-bond acceptors (Lipinski definition) is 7. The number of benzene rings is 4. The Morgan fingerprint density at radius 1 is 0.907 bits per heavy atom. The van der Waals surface area contributed by atoms with E-state index in [0.29, 0.717) is 29.9 Å². The highest BCUT2D eigenvalue weighted by Gasteiger charge is 2.69. The fourth-order valence-electron chi connectivity index (χ4n) is 8.73. The van der Waals surface area contributed by atoms with Crippen LogP contribution in [-0.4, -0.2) is 72.7 Å². The van der Waals surface area contributed by atoms with E-state index in [9.17, 15) is 23.9 Å². The van der Waals surface area contributed by atoms with E-state index in [0.717, 1.165) is 6.42 Å². The van der Waals surface area contributed by atoms with Crippen LogP contribution in [0.25, 0.3) is 11.1 Å². The van der Waals surface area contributed by atoms with Crippen molar-refractivity contribution >= 4 is 23.7 Å². The topological polar surface area (TPSA) is 124 Å². The molecular formula is C43H43FN2O8. The Kier molecular flexibility index (Phi) is 10.3. The molecule has 54 heavy (non-hydrogen) atoms. The molecule has 7 rings (SSSR count). The van der Waals surface area contributed by atoms with Crippen molar-refractivity contribution in [1.82, 2.24) is 4.90 Å². The van der Waals surface area contributed by atoms with Gasteiger partial charge >= 0.3 is 12.1 Å². The number of methoxy groups -OCH3 is 3. The molecule has 10 nitrogen and oxygen atoms in total. The summed E-state index contributed by atoms with van der Waals surface area (Å²) in [5, 5.41) is 10.7. The minimum Gasteiger partial charge on any atom is -0.497 e. The highest BCUT2D eigenvalue weighted by Crippen LogP contribution is 2.64. The molecule has 3 aliphatic rings. The maximum atomic E-state index is 14.8. The SMILES string of the molecule is COc1ccc(COC(=O)C(Cc2ccccc2F)=NC(=O)[C@H](C)[C@@H](OC)[C@@H]2C[C@H]3C[C@@]3(CC3c4ccccc4-c4ccccc43)N2C(=O)O)c(OC)c1. The van der Waals surface area contributed by atoms with Crippen LogP contribution in [0.3, 0.4) is 0 Å². The molecule has 280 valence electrons. The summed E-state index contributed by atoms with van der Waals surface area (Å²) in [5.74, 6) is -2.02. The summed E-state index contributed by atoms with van der Waals surface area (Å²) in [6, 6.07) is 26.9. The third-order valence-electron chi connectivity index (χ3n) is 11.4. The molecule has 4 aromatic carbocycles. The van der Waals surface area contributed by atoms with Gasteiger partial charge in [-0.05, 0) is 71.2 Å². The van der Waals surface area contributed by atoms with Crippen LogP contribution < -0.4 is 9.47 Å². The number of rotatable bonds is 13. The third-order valence-corrected chi connectivity index (χ3v) is 11.4. The van der Waals surface area contributed by atoms with Crippen LogP contribution in [0.15, 0.2) is 96.0 Å². The van der Waals surface area contributed by atoms with Gasteiger partial charge in [0.1, 0.15) is 29.6 Å². The van der Waals surface area contributed by atoms with Crippen LogP contribution in [0.1, 0.15) is 54.4 Å². The van der Waals surface area contributed by atoms with E-state index < -0.39 is 47.4 Å². The second-order valence-corrected chi connectivity index (χ2v) is 14.3. The lowest BCUT2D eigenvalue weighted by molar-refractivity contribution is -0.137. The van der Waals surface area contributed by atoms with Gasteiger partial charge in [-0.2, -0.15) is 0 Å². The van der Waals surface area contributed by atoms with Gasteiger partial charge in [0.15, 0.2) is 0 Å². The van der Waals surface area contributed by atoms with Gasteiger partial charge in [-0.3, -0.25) is 9.69 Å². The molecular weight excluding hydrogens is 691 g/mol. The standard InChI is InChI=1S/C43H43FN2O8/c1-25(40(47)45-36(19-26-11-5-10-16-35(26)44)41(48)54-24-27-17-18-29(51-2)21-38(27)52-3)39(53-4)37-20-28-22-43(28,46(37)42(49)50)23-34-32-14-8-6-12-30(32)31-13-7-9-15-33(31)34/h5-18,21,25,28,34,37,39H,19-20,22-24H2,1-4H3,(H,49,50)/t25-,28+,37+,39-,43+/m1/s1. The summed E-state index contributed by atoms with van der Waals surface area (Å²) in [7, 11) is 4.45. The number of halogens is 1. The number of ether oxygens (including phenoxy) is 4. The predicted octanol–water partition coefficient (Wildman–Crippen LogP) is 7.46. The first-order valence-electron chi connectivity index (χ1n) is 18.1. The molecule has 1 saturated heterocycles. The van der Waals surface area contributed by atoms with Crippen molar-refractivity contribution in [1.29, 1.82) is 0 Å². The number of carboxylic acid groups (broad SMARTS) is 1. The second-order valence-electron chi connectivity index (χ2n) is 14.3. The zero-order valence-electron chi connectivity index (χ0n) is 30.7. The Hall–Kier alpha value is -5.55. The molecule has 2 fully saturated rings. The van der Waals surface area contributed by atoms with Crippen molar-refractivity contribution in [3.63, 3.8) is 0 Å². The molecule has 2 amide bonds. The second kappa shape index (κ2) is 15.1. The van der Waals surface area contributed by atoms with Crippen molar-refractivity contribution in [3.05, 3.63) is 119 Å². The van der Waals surface area contributed by atoms with Crippen LogP contribution in [0, 0.1) is 17.7 Å². The fraction of sp³-hybridized carbons (Fsp3) is 0.349. The molecule has 1 saturated carbocycles. The van der Waals surface area contributed by atoms with Crippen LogP contribution in [0.4, 0.5) is 9.18 Å². The normalized spacial score (nSPS) is 21.1. The lowest BCUT2D eigenvalue weighted by Crippen LogP contribution is -2.53. The zero-order chi connectivity index (χ0) is 38.1. The average molecular weight is 735 g/mol. The number of carbonyl (C=O) groups excluding carboxylic acids is 2. The van der Waals surface area contributed by atoms with Gasteiger partial charge in [0.05, 0.1) is 37.8 Å². The number of fused-ring (bicyclic) bond motifs is 4. The van der Waals surface area contributed by atoms with Crippen LogP contribution in [-0.2, 0) is 32.1 Å². The van der Waals surface area contributed by atoms with Gasteiger partial charge in [-0.25, -0.2) is 19.0 Å². The van der Waals surface area contributed by atoms with Crippen molar-refractivity contribution in [2.24, 2.45) is 16.8 Å². The number of likely N-dealkylation sites (tertiary alicyclic amines) is 1. The molecule has 1 N–H and O–H groups in total. The van der Waals surface area contributed by atoms with E-state index in [2.05, 4.69) is 29.3 Å². The van der Waals surface area contributed by atoms with Crippen LogP contribution in [0.5, 0.6) is 11.5 Å². The first kappa shape index (κ1) is 36.8. The van der Waals surface area contributed by atoms with Gasteiger partial charge in [-0.1, -0.05) is 73.7 Å². The smallest absolute Gasteiger partial charge is 0.408 e. The summed E-state index contributed by atoms with van der Waals surface area (Å²) < 4.78 is 37.0. The molecule has 0 aromatic heterocycles. The molecule has 1 heterocycles. The molecule has 2 aliphatic carbocycles. The summed E-state index contributed by atoms with van der Waals surface area (Å²) in [5.41, 5.74) is 4.51. The minimum atomic E-state index is -1.07. The highest BCUT2D eigenvalue weighted by atomic mass is 19.1. The molecule has 11 heteroatoms. The van der Waals surface area contributed by atoms with Crippen LogP contribution in [0.2, 0.25) is 0 Å². The first-order chi connectivity index (χ1) is 26.1. The number of piperidine rings is 1. The number of hydrogen-bond donors (Lipinski definition) is 1. The summed E-state index contributed by atoms with van der Waals surface area (Å²) >= 11 is 0. The summed E-state index contributed by atoms with van der Waals surface area (Å²) in [4.78, 5) is 46.4. The number of nitrogens with zero attached hydrogens (tertiary/aromatic N) is 2. The Balaban J connectivity index is 1.13. The van der Waals surface area contributed by atoms with E-state index in [1.165, 1.54) is 66.7 Å². The van der Waals surface area contributed by atoms with Gasteiger partial charge in [0.25, 0.3) is 5.91 Å². The van der Waals surface area contributed by atoms with Gasteiger partial charge in [0, 0.05) is 31.1 Å². The Morgan fingerprint density at radius 2 is 1.57 bits per heavy atom. The van der Waals surface area contributed by atoms with Gasteiger partial charge < -0.3 is 24.1 Å². The first-order valence-corrected chi connectivity index (χ1v) is 18.1. The van der Waals surface area contributed by atoms with E-state index in [-0.39, 0.29) is 36.1 Å².